The van der Waals surface area contributed by atoms with Crippen LogP contribution < -0.4 is 10.1 Å². The number of nitrogens with one attached hydrogen (secondary N) is 1. The first-order valence-corrected chi connectivity index (χ1v) is 6.96. The monoisotopic (exact) mass is 301 g/mol. The smallest absolute Gasteiger partial charge is 0.402 e. The van der Waals surface area contributed by atoms with Crippen LogP contribution >= 0.6 is 0 Å². The Balaban J connectivity index is 2.22. The van der Waals surface area contributed by atoms with Gasteiger partial charge in [-0.05, 0) is 43.7 Å². The number of rotatable bonds is 5. The molecule has 0 radical (unpaired) electrons. The van der Waals surface area contributed by atoms with Crippen molar-refractivity contribution < 1.29 is 22.7 Å². The van der Waals surface area contributed by atoms with E-state index in [9.17, 15) is 18.0 Å². The zero-order valence-electron chi connectivity index (χ0n) is 11.8. The van der Waals surface area contributed by atoms with Crippen LogP contribution in [-0.4, -0.2) is 31.7 Å². The summed E-state index contributed by atoms with van der Waals surface area (Å²) in [6.45, 7) is 2.33. The first kappa shape index (κ1) is 15.8. The Morgan fingerprint density at radius 2 is 2.00 bits per heavy atom. The molecule has 1 heterocycles. The van der Waals surface area contributed by atoms with Gasteiger partial charge in [0.1, 0.15) is 11.2 Å². The maximum Gasteiger partial charge on any atom is 0.402 e. The average molecular weight is 301 g/mol. The van der Waals surface area contributed by atoms with Gasteiger partial charge in [-0.2, -0.15) is 13.2 Å². The van der Waals surface area contributed by atoms with E-state index in [-0.39, 0.29) is 25.1 Å². The van der Waals surface area contributed by atoms with E-state index in [2.05, 4.69) is 5.32 Å². The molecule has 0 spiro atoms. The van der Waals surface area contributed by atoms with E-state index in [1.54, 1.807) is 0 Å². The van der Waals surface area contributed by atoms with Crippen molar-refractivity contribution in [3.05, 3.63) is 29.8 Å². The highest BCUT2D eigenvalue weighted by atomic mass is 19.4. The molecule has 6 heteroatoms. The average Bonchev–Trinajstić information content (AvgIpc) is 2.95. The van der Waals surface area contributed by atoms with Crippen molar-refractivity contribution in [2.24, 2.45) is 5.41 Å². The highest BCUT2D eigenvalue weighted by Gasteiger charge is 2.61. The molecule has 0 aliphatic carbocycles. The molecule has 1 atom stereocenters. The zero-order valence-corrected chi connectivity index (χ0v) is 11.8. The van der Waals surface area contributed by atoms with Crippen molar-refractivity contribution in [1.82, 2.24) is 5.32 Å². The molecule has 1 unspecified atom stereocenters. The van der Waals surface area contributed by atoms with Crippen LogP contribution in [0.1, 0.15) is 30.1 Å². The number of alkyl halides is 3. The normalized spacial score (nSPS) is 22.3. The molecule has 116 valence electrons. The van der Waals surface area contributed by atoms with E-state index >= 15 is 0 Å². The van der Waals surface area contributed by atoms with Crippen molar-refractivity contribution in [2.45, 2.75) is 25.9 Å². The molecule has 0 aromatic heterocycles. The Morgan fingerprint density at radius 3 is 2.48 bits per heavy atom. The summed E-state index contributed by atoms with van der Waals surface area (Å²) in [6, 6.07) is 5.88. The molecule has 0 amide bonds. The quantitative estimate of drug-likeness (QED) is 0.849. The summed E-state index contributed by atoms with van der Waals surface area (Å²) in [5.41, 5.74) is -2.24. The molecular weight excluding hydrogens is 283 g/mol. The van der Waals surface area contributed by atoms with Crippen LogP contribution in [0.2, 0.25) is 0 Å². The van der Waals surface area contributed by atoms with E-state index in [0.717, 1.165) is 6.42 Å². The SMILES string of the molecule is CCCOc1ccc(C(=O)C2(C(F)(F)F)CCNC2)cc1. The first-order chi connectivity index (χ1) is 9.90. The van der Waals surface area contributed by atoms with Gasteiger partial charge in [0.2, 0.25) is 0 Å². The van der Waals surface area contributed by atoms with Gasteiger partial charge in [-0.3, -0.25) is 4.79 Å². The van der Waals surface area contributed by atoms with Gasteiger partial charge in [-0.25, -0.2) is 0 Å². The molecule has 1 saturated heterocycles. The Bertz CT molecular complexity index is 491. The van der Waals surface area contributed by atoms with Crippen molar-refractivity contribution in [3.8, 4) is 5.75 Å². The third-order valence-electron chi connectivity index (χ3n) is 3.72. The minimum Gasteiger partial charge on any atom is -0.494 e. The Labute approximate surface area is 121 Å². The third-order valence-corrected chi connectivity index (χ3v) is 3.72. The van der Waals surface area contributed by atoms with Crippen LogP contribution in [0.3, 0.4) is 0 Å². The number of halogens is 3. The van der Waals surface area contributed by atoms with Gasteiger partial charge in [-0.1, -0.05) is 6.92 Å². The predicted octanol–water partition coefficient (Wildman–Crippen LogP) is 3.20. The summed E-state index contributed by atoms with van der Waals surface area (Å²) in [7, 11) is 0. The molecule has 1 aromatic carbocycles. The number of hydrogen-bond donors (Lipinski definition) is 1. The van der Waals surface area contributed by atoms with Crippen molar-refractivity contribution in [3.63, 3.8) is 0 Å². The molecule has 1 fully saturated rings. The maximum absolute atomic E-state index is 13.3. The van der Waals surface area contributed by atoms with Crippen molar-refractivity contribution >= 4 is 5.78 Å². The largest absolute Gasteiger partial charge is 0.494 e. The fraction of sp³-hybridized carbons (Fsp3) is 0.533. The van der Waals surface area contributed by atoms with Gasteiger partial charge in [0.15, 0.2) is 5.78 Å². The summed E-state index contributed by atoms with van der Waals surface area (Å²) in [4.78, 5) is 12.3. The van der Waals surface area contributed by atoms with Crippen LogP contribution in [0.4, 0.5) is 13.2 Å². The zero-order chi connectivity index (χ0) is 15.5. The summed E-state index contributed by atoms with van der Waals surface area (Å²) in [6.07, 6.45) is -3.93. The number of hydrogen-bond acceptors (Lipinski definition) is 3. The topological polar surface area (TPSA) is 38.3 Å². The first-order valence-electron chi connectivity index (χ1n) is 6.96. The number of ether oxygens (including phenoxy) is 1. The van der Waals surface area contributed by atoms with Gasteiger partial charge in [-0.15, -0.1) is 0 Å². The molecule has 21 heavy (non-hydrogen) atoms. The molecular formula is C15H18F3NO2. The van der Waals surface area contributed by atoms with E-state index in [4.69, 9.17) is 4.74 Å². The molecule has 2 rings (SSSR count). The van der Waals surface area contributed by atoms with E-state index in [1.165, 1.54) is 24.3 Å². The Morgan fingerprint density at radius 1 is 1.33 bits per heavy atom. The molecule has 3 nitrogen and oxygen atoms in total. The number of Topliss-reactive ketones (excluding diaryl/α,β-unsaturated/α-hetero) is 1. The highest BCUT2D eigenvalue weighted by Crippen LogP contribution is 2.45. The molecule has 1 N–H and O–H groups in total. The van der Waals surface area contributed by atoms with Crippen LogP contribution in [0, 0.1) is 5.41 Å². The lowest BCUT2D eigenvalue weighted by atomic mass is 9.79. The van der Waals surface area contributed by atoms with Gasteiger partial charge in [0.25, 0.3) is 0 Å². The Kier molecular flexibility index (Phi) is 4.56. The summed E-state index contributed by atoms with van der Waals surface area (Å²) in [5, 5.41) is 2.64. The number of carbonyl (C=O) groups is 1. The van der Waals surface area contributed by atoms with Crippen molar-refractivity contribution in [2.75, 3.05) is 19.7 Å². The summed E-state index contributed by atoms with van der Waals surface area (Å²) >= 11 is 0. The number of benzene rings is 1. The minimum atomic E-state index is -4.55. The summed E-state index contributed by atoms with van der Waals surface area (Å²) in [5.74, 6) is -0.318. The van der Waals surface area contributed by atoms with Gasteiger partial charge >= 0.3 is 6.18 Å². The van der Waals surface area contributed by atoms with Crippen LogP contribution in [0.5, 0.6) is 5.75 Å². The molecule has 1 aliphatic rings. The second-order valence-corrected chi connectivity index (χ2v) is 5.21. The Hall–Kier alpha value is -1.56. The number of carbonyl (C=O) groups excluding carboxylic acids is 1. The second kappa shape index (κ2) is 6.05. The lowest BCUT2D eigenvalue weighted by molar-refractivity contribution is -0.197. The van der Waals surface area contributed by atoms with Gasteiger partial charge in [0.05, 0.1) is 6.61 Å². The van der Waals surface area contributed by atoms with E-state index in [1.807, 2.05) is 6.92 Å². The van der Waals surface area contributed by atoms with Crippen LogP contribution in [-0.2, 0) is 0 Å². The fourth-order valence-electron chi connectivity index (χ4n) is 2.46. The predicted molar refractivity (Wildman–Crippen MR) is 72.5 cm³/mol. The lowest BCUT2D eigenvalue weighted by Crippen LogP contribution is -2.46. The van der Waals surface area contributed by atoms with Crippen LogP contribution in [0.15, 0.2) is 24.3 Å². The number of ketones is 1. The fourth-order valence-corrected chi connectivity index (χ4v) is 2.46. The second-order valence-electron chi connectivity index (χ2n) is 5.21. The van der Waals surface area contributed by atoms with E-state index < -0.39 is 17.4 Å². The molecule has 1 aliphatic heterocycles. The summed E-state index contributed by atoms with van der Waals surface area (Å²) < 4.78 is 45.3. The van der Waals surface area contributed by atoms with E-state index in [0.29, 0.717) is 12.4 Å². The lowest BCUT2D eigenvalue weighted by Gasteiger charge is -2.29. The van der Waals surface area contributed by atoms with Gasteiger partial charge < -0.3 is 10.1 Å². The minimum absolute atomic E-state index is 0.0693. The highest BCUT2D eigenvalue weighted by molar-refractivity contribution is 6.01. The van der Waals surface area contributed by atoms with Crippen molar-refractivity contribution in [1.29, 1.82) is 0 Å². The molecule has 0 saturated carbocycles. The molecule has 1 aromatic rings. The maximum atomic E-state index is 13.3. The standard InChI is InChI=1S/C15H18F3NO2/c1-2-9-21-12-5-3-11(4-6-12)13(20)14(15(16,17)18)7-8-19-10-14/h3-6,19H,2,7-10H2,1H3. The molecule has 0 bridgehead atoms. The van der Waals surface area contributed by atoms with Gasteiger partial charge in [0, 0.05) is 12.1 Å². The third kappa shape index (κ3) is 3.05. The van der Waals surface area contributed by atoms with Crippen LogP contribution in [0.25, 0.3) is 0 Å².